The van der Waals surface area contributed by atoms with E-state index in [0.29, 0.717) is 27.1 Å². The highest BCUT2D eigenvalue weighted by molar-refractivity contribution is 7.90. The smallest absolute Gasteiger partial charge is 0.175 e. The minimum absolute atomic E-state index is 0.102. The fraction of sp³-hybridized carbons (Fsp3) is 0.241. The van der Waals surface area contributed by atoms with Crippen molar-refractivity contribution < 1.29 is 22.3 Å². The van der Waals surface area contributed by atoms with Gasteiger partial charge < -0.3 is 5.11 Å². The molecule has 0 saturated heterocycles. The van der Waals surface area contributed by atoms with E-state index in [1.165, 1.54) is 22.8 Å². The van der Waals surface area contributed by atoms with Gasteiger partial charge in [0, 0.05) is 33.6 Å². The van der Waals surface area contributed by atoms with E-state index in [2.05, 4.69) is 11.9 Å². The summed E-state index contributed by atoms with van der Waals surface area (Å²) in [7, 11) is -3.77. The highest BCUT2D eigenvalue weighted by Gasteiger charge is 2.35. The van der Waals surface area contributed by atoms with Gasteiger partial charge in [-0.2, -0.15) is 0 Å². The average Bonchev–Trinajstić information content (AvgIpc) is 3.26. The Bertz CT molecular complexity index is 1690. The van der Waals surface area contributed by atoms with Crippen LogP contribution in [0, 0.1) is 18.6 Å². The first-order valence-electron chi connectivity index (χ1n) is 11.9. The van der Waals surface area contributed by atoms with Gasteiger partial charge in [0.15, 0.2) is 9.84 Å². The first kappa shape index (κ1) is 29.2. The number of benzene rings is 3. The number of aliphatic hydroxyl groups is 1. The fourth-order valence-electron chi connectivity index (χ4n) is 4.50. The summed E-state index contributed by atoms with van der Waals surface area (Å²) in [6.45, 7) is 10.3. The van der Waals surface area contributed by atoms with Gasteiger partial charge in [-0.25, -0.2) is 22.2 Å². The molecule has 0 fully saturated rings. The number of aromatic nitrogens is 2. The van der Waals surface area contributed by atoms with Crippen LogP contribution in [0.15, 0.2) is 59.6 Å². The van der Waals surface area contributed by atoms with E-state index in [1.54, 1.807) is 44.3 Å². The predicted octanol–water partition coefficient (Wildman–Crippen LogP) is 7.26. The van der Waals surface area contributed by atoms with Gasteiger partial charge >= 0.3 is 0 Å². The van der Waals surface area contributed by atoms with E-state index in [1.807, 2.05) is 13.8 Å². The van der Waals surface area contributed by atoms with Crippen molar-refractivity contribution in [3.8, 4) is 16.8 Å². The number of rotatable bonds is 6. The summed E-state index contributed by atoms with van der Waals surface area (Å²) in [6.07, 6.45) is 2.50. The monoisotopic (exact) mass is 591 g/mol. The van der Waals surface area contributed by atoms with Crippen LogP contribution in [-0.4, -0.2) is 29.3 Å². The largest absolute Gasteiger partial charge is 0.384 e. The number of hydrogen-bond donors (Lipinski definition) is 1. The summed E-state index contributed by atoms with van der Waals surface area (Å²) in [6, 6.07) is 11.7. The number of imidazole rings is 1. The molecule has 0 aliphatic carbocycles. The Morgan fingerprint density at radius 1 is 0.949 bits per heavy atom. The van der Waals surface area contributed by atoms with Crippen molar-refractivity contribution in [2.24, 2.45) is 0 Å². The van der Waals surface area contributed by atoms with Crippen molar-refractivity contribution in [2.45, 2.75) is 43.6 Å². The Balaban J connectivity index is 1.92. The van der Waals surface area contributed by atoms with E-state index < -0.39 is 32.5 Å². The summed E-state index contributed by atoms with van der Waals surface area (Å²) < 4.78 is 56.1. The third-order valence-corrected chi connectivity index (χ3v) is 8.37. The first-order chi connectivity index (χ1) is 17.9. The lowest BCUT2D eigenvalue weighted by Crippen LogP contribution is -2.25. The van der Waals surface area contributed by atoms with Crippen molar-refractivity contribution in [1.82, 2.24) is 9.55 Å². The number of halogens is 4. The highest BCUT2D eigenvalue weighted by Crippen LogP contribution is 2.42. The third-order valence-electron chi connectivity index (χ3n) is 6.57. The molecule has 1 radical (unpaired) electrons. The molecule has 1 N–H and O–H groups in total. The lowest BCUT2D eigenvalue weighted by Gasteiger charge is -2.28. The molecule has 0 bridgehead atoms. The van der Waals surface area contributed by atoms with E-state index in [4.69, 9.17) is 23.2 Å². The topological polar surface area (TPSA) is 72.2 Å². The SMILES string of the molecule is [CH2]c1c(F)cc(-c2ccc(-n3cc(C(C)(C)O)nc3C(C)(C)c3c(Cl)cccc3Cl)c(F)c2)cc1S(C)(=O)=O. The summed E-state index contributed by atoms with van der Waals surface area (Å²) in [4.78, 5) is 4.40. The Labute approximate surface area is 237 Å². The lowest BCUT2D eigenvalue weighted by atomic mass is 9.83. The zero-order valence-corrected chi connectivity index (χ0v) is 24.3. The summed E-state index contributed by atoms with van der Waals surface area (Å²) >= 11 is 13.0. The first-order valence-corrected chi connectivity index (χ1v) is 14.5. The molecule has 39 heavy (non-hydrogen) atoms. The quantitative estimate of drug-likeness (QED) is 0.256. The van der Waals surface area contributed by atoms with Crippen molar-refractivity contribution in [2.75, 3.05) is 6.26 Å². The molecule has 0 aliphatic rings. The molecule has 4 rings (SSSR count). The fourth-order valence-corrected chi connectivity index (χ4v) is 6.25. The van der Waals surface area contributed by atoms with E-state index in [9.17, 15) is 17.9 Å². The maximum atomic E-state index is 15.8. The second kappa shape index (κ2) is 10.0. The molecule has 0 spiro atoms. The molecular weight excluding hydrogens is 565 g/mol. The predicted molar refractivity (Wildman–Crippen MR) is 150 cm³/mol. The van der Waals surface area contributed by atoms with Crippen molar-refractivity contribution in [1.29, 1.82) is 0 Å². The van der Waals surface area contributed by atoms with Crippen LogP contribution in [0.3, 0.4) is 0 Å². The maximum Gasteiger partial charge on any atom is 0.175 e. The lowest BCUT2D eigenvalue weighted by molar-refractivity contribution is 0.0740. The molecule has 205 valence electrons. The Kier molecular flexibility index (Phi) is 7.49. The van der Waals surface area contributed by atoms with E-state index >= 15 is 4.39 Å². The Hall–Kier alpha value is -2.78. The van der Waals surface area contributed by atoms with Crippen molar-refractivity contribution >= 4 is 33.0 Å². The van der Waals surface area contributed by atoms with Crippen LogP contribution in [0.25, 0.3) is 16.8 Å². The normalized spacial score (nSPS) is 12.7. The third kappa shape index (κ3) is 5.48. The van der Waals surface area contributed by atoms with Gasteiger partial charge in [0.2, 0.25) is 0 Å². The van der Waals surface area contributed by atoms with Crippen LogP contribution < -0.4 is 0 Å². The molecule has 4 aromatic rings. The van der Waals surface area contributed by atoms with E-state index in [0.717, 1.165) is 12.3 Å². The summed E-state index contributed by atoms with van der Waals surface area (Å²) in [5, 5.41) is 11.5. The molecule has 0 amide bonds. The zero-order valence-electron chi connectivity index (χ0n) is 22.0. The molecular formula is C29H27Cl2F2N2O3S. The average molecular weight is 593 g/mol. The molecule has 1 heterocycles. The van der Waals surface area contributed by atoms with Gasteiger partial charge in [-0.3, -0.25) is 4.57 Å². The van der Waals surface area contributed by atoms with Crippen molar-refractivity contribution in [3.63, 3.8) is 0 Å². The number of sulfone groups is 1. The van der Waals surface area contributed by atoms with E-state index in [-0.39, 0.29) is 27.3 Å². The van der Waals surface area contributed by atoms with Gasteiger partial charge in [0.25, 0.3) is 0 Å². The molecule has 10 heteroatoms. The van der Waals surface area contributed by atoms with Gasteiger partial charge in [-0.1, -0.05) is 35.3 Å². The molecule has 3 aromatic carbocycles. The van der Waals surface area contributed by atoms with Gasteiger partial charge in [0.05, 0.1) is 21.7 Å². The Morgan fingerprint density at radius 3 is 2.08 bits per heavy atom. The van der Waals surface area contributed by atoms with Gasteiger partial charge in [-0.15, -0.1) is 0 Å². The minimum atomic E-state index is -3.77. The zero-order chi connectivity index (χ0) is 29.1. The number of hydrogen-bond acceptors (Lipinski definition) is 4. The summed E-state index contributed by atoms with van der Waals surface area (Å²) in [5.74, 6) is -1.13. The van der Waals surface area contributed by atoms with Crippen LogP contribution in [0.4, 0.5) is 8.78 Å². The van der Waals surface area contributed by atoms with Crippen LogP contribution >= 0.6 is 23.2 Å². The molecule has 0 aliphatic heterocycles. The van der Waals surface area contributed by atoms with Crippen LogP contribution in [0.1, 0.15) is 50.3 Å². The standard InChI is InChI=1S/C29H27Cl2F2N2O3S/c1-16-21(32)13-18(14-24(16)39(6,37)38)17-10-11-23(22(33)12-17)35-15-25(29(4,5)36)34-27(35)28(2,3)26-19(30)8-7-9-20(26)31/h7-15,36H,1H2,2-6H3. The molecule has 0 saturated carbocycles. The second-order valence-electron chi connectivity index (χ2n) is 10.5. The summed E-state index contributed by atoms with van der Waals surface area (Å²) in [5.41, 5.74) is -1.10. The minimum Gasteiger partial charge on any atom is -0.384 e. The molecule has 5 nitrogen and oxygen atoms in total. The number of nitrogens with zero attached hydrogens (tertiary/aromatic N) is 2. The van der Waals surface area contributed by atoms with Crippen LogP contribution in [0.2, 0.25) is 10.0 Å². The second-order valence-corrected chi connectivity index (χ2v) is 13.3. The van der Waals surface area contributed by atoms with Crippen LogP contribution in [-0.2, 0) is 20.9 Å². The maximum absolute atomic E-state index is 15.8. The molecule has 0 atom stereocenters. The Morgan fingerprint density at radius 2 is 1.54 bits per heavy atom. The van der Waals surface area contributed by atoms with Crippen LogP contribution in [0.5, 0.6) is 0 Å². The van der Waals surface area contributed by atoms with Crippen molar-refractivity contribution in [3.05, 3.63) is 106 Å². The van der Waals surface area contributed by atoms with Gasteiger partial charge in [0.1, 0.15) is 23.1 Å². The highest BCUT2D eigenvalue weighted by atomic mass is 35.5. The molecule has 1 aromatic heterocycles. The molecule has 0 unspecified atom stereocenters. The van der Waals surface area contributed by atoms with Gasteiger partial charge in [-0.05, 0) is 82.1 Å².